The molecule has 1 fully saturated rings. The molecule has 5 heteroatoms. The van der Waals surface area contributed by atoms with Crippen molar-refractivity contribution in [3.8, 4) is 5.75 Å². The Labute approximate surface area is 111 Å². The molecule has 1 aromatic carbocycles. The van der Waals surface area contributed by atoms with E-state index in [0.717, 1.165) is 5.56 Å². The number of para-hydroxylation sites is 1. The molecule has 0 unspecified atom stereocenters. The molecule has 0 saturated carbocycles. The molecule has 2 N–H and O–H groups in total. The molecule has 2 atom stereocenters. The number of nitrogens with one attached hydrogen (secondary N) is 1. The highest BCUT2D eigenvalue weighted by Crippen LogP contribution is 2.47. The summed E-state index contributed by atoms with van der Waals surface area (Å²) in [6.07, 6.45) is 0. The summed E-state index contributed by atoms with van der Waals surface area (Å²) in [5.74, 6) is -0.0331. The molecule has 2 rings (SSSR count). The van der Waals surface area contributed by atoms with E-state index in [1.807, 2.05) is 26.0 Å². The summed E-state index contributed by atoms with van der Waals surface area (Å²) in [6, 6.07) is 6.78. The van der Waals surface area contributed by atoms with Gasteiger partial charge in [-0.25, -0.2) is 0 Å². The first-order valence-electron chi connectivity index (χ1n) is 5.75. The fourth-order valence-electron chi connectivity index (χ4n) is 2.09. The molecule has 1 saturated heterocycles. The number of esters is 1. The summed E-state index contributed by atoms with van der Waals surface area (Å²) < 4.78 is 4.53. The molecule has 98 valence electrons. The van der Waals surface area contributed by atoms with Crippen LogP contribution in [-0.4, -0.2) is 29.0 Å². The Kier molecular flexibility index (Phi) is 3.54. The smallest absolute Gasteiger partial charge is 0.324 e. The minimum absolute atomic E-state index is 0.106. The summed E-state index contributed by atoms with van der Waals surface area (Å²) in [7, 11) is 1.39. The van der Waals surface area contributed by atoms with Gasteiger partial charge in [-0.3, -0.25) is 10.1 Å². The number of hydrogen-bond acceptors (Lipinski definition) is 5. The Morgan fingerprint density at radius 3 is 2.72 bits per heavy atom. The van der Waals surface area contributed by atoms with Crippen LogP contribution in [0.25, 0.3) is 0 Å². The minimum Gasteiger partial charge on any atom is -0.508 e. The Hall–Kier alpha value is -1.20. The van der Waals surface area contributed by atoms with E-state index in [1.165, 1.54) is 7.11 Å². The number of methoxy groups -OCH3 is 1. The number of ether oxygens (including phenoxy) is 1. The van der Waals surface area contributed by atoms with Gasteiger partial charge in [-0.2, -0.15) is 0 Å². The van der Waals surface area contributed by atoms with E-state index in [0.29, 0.717) is 0 Å². The second kappa shape index (κ2) is 4.82. The standard InChI is InChI=1S/C13H17NO3S/c1-13(2)10(12(16)17-3)14-11(18-13)8-6-4-5-7-9(8)15/h4-7,10-11,14-15H,1-3H3/t10-,11+/m0/s1. The molecule has 0 aromatic heterocycles. The zero-order valence-electron chi connectivity index (χ0n) is 10.6. The van der Waals surface area contributed by atoms with Crippen LogP contribution in [0, 0.1) is 0 Å². The lowest BCUT2D eigenvalue weighted by Crippen LogP contribution is -2.44. The average molecular weight is 267 g/mol. The topological polar surface area (TPSA) is 58.6 Å². The van der Waals surface area contributed by atoms with Gasteiger partial charge in [0.2, 0.25) is 0 Å². The average Bonchev–Trinajstić information content (AvgIpc) is 2.64. The Morgan fingerprint density at radius 2 is 2.11 bits per heavy atom. The van der Waals surface area contributed by atoms with E-state index in [1.54, 1.807) is 23.9 Å². The first-order valence-corrected chi connectivity index (χ1v) is 6.63. The molecule has 1 aromatic rings. The van der Waals surface area contributed by atoms with Gasteiger partial charge in [0.25, 0.3) is 0 Å². The number of hydrogen-bond donors (Lipinski definition) is 2. The first kappa shape index (κ1) is 13.2. The molecule has 0 bridgehead atoms. The highest BCUT2D eigenvalue weighted by molar-refractivity contribution is 8.01. The lowest BCUT2D eigenvalue weighted by Gasteiger charge is -2.22. The molecule has 18 heavy (non-hydrogen) atoms. The van der Waals surface area contributed by atoms with Crippen LogP contribution in [0.1, 0.15) is 24.8 Å². The van der Waals surface area contributed by atoms with Crippen LogP contribution in [0.15, 0.2) is 24.3 Å². The Morgan fingerprint density at radius 1 is 1.44 bits per heavy atom. The zero-order valence-corrected chi connectivity index (χ0v) is 11.5. The number of rotatable bonds is 2. The quantitative estimate of drug-likeness (QED) is 0.803. The van der Waals surface area contributed by atoms with Crippen LogP contribution < -0.4 is 5.32 Å². The number of carbonyl (C=O) groups is 1. The van der Waals surface area contributed by atoms with Gasteiger partial charge in [0.05, 0.1) is 12.5 Å². The van der Waals surface area contributed by atoms with Crippen molar-refractivity contribution in [2.24, 2.45) is 0 Å². The largest absolute Gasteiger partial charge is 0.508 e. The van der Waals surface area contributed by atoms with Crippen molar-refractivity contribution in [2.45, 2.75) is 30.0 Å². The van der Waals surface area contributed by atoms with Gasteiger partial charge in [0, 0.05) is 10.3 Å². The summed E-state index contributed by atoms with van der Waals surface area (Å²) in [5, 5.41) is 13.0. The number of aromatic hydroxyl groups is 1. The van der Waals surface area contributed by atoms with Crippen LogP contribution >= 0.6 is 11.8 Å². The van der Waals surface area contributed by atoms with E-state index < -0.39 is 0 Å². The first-order chi connectivity index (χ1) is 8.45. The van der Waals surface area contributed by atoms with Gasteiger partial charge >= 0.3 is 5.97 Å². The maximum absolute atomic E-state index is 11.7. The van der Waals surface area contributed by atoms with Crippen LogP contribution in [0.5, 0.6) is 5.75 Å². The maximum atomic E-state index is 11.7. The molecule has 0 spiro atoms. The molecule has 0 radical (unpaired) electrons. The van der Waals surface area contributed by atoms with Gasteiger partial charge in [0.1, 0.15) is 11.8 Å². The molecule has 1 aliphatic heterocycles. The number of phenols is 1. The number of benzene rings is 1. The summed E-state index contributed by atoms with van der Waals surface area (Å²) in [4.78, 5) is 11.7. The SMILES string of the molecule is COC(=O)[C@@H]1N[C@@H](c2ccccc2O)SC1(C)C. The van der Waals surface area contributed by atoms with Gasteiger partial charge in [0.15, 0.2) is 0 Å². The summed E-state index contributed by atoms with van der Waals surface area (Å²) in [6.45, 7) is 3.98. The van der Waals surface area contributed by atoms with E-state index >= 15 is 0 Å². The van der Waals surface area contributed by atoms with Gasteiger partial charge in [-0.15, -0.1) is 11.8 Å². The van der Waals surface area contributed by atoms with E-state index in [-0.39, 0.29) is 27.9 Å². The second-order valence-corrected chi connectivity index (χ2v) is 6.54. The zero-order chi connectivity index (χ0) is 13.3. The van der Waals surface area contributed by atoms with E-state index in [4.69, 9.17) is 4.74 Å². The number of phenolic OH excluding ortho intramolecular Hbond substituents is 1. The lowest BCUT2D eigenvalue weighted by molar-refractivity contribution is -0.143. The van der Waals surface area contributed by atoms with E-state index in [9.17, 15) is 9.90 Å². The molecule has 0 amide bonds. The van der Waals surface area contributed by atoms with Crippen molar-refractivity contribution >= 4 is 17.7 Å². The molecule has 1 heterocycles. The summed E-state index contributed by atoms with van der Waals surface area (Å²) in [5.41, 5.74) is 0.793. The Bertz CT molecular complexity index is 461. The monoisotopic (exact) mass is 267 g/mol. The normalized spacial score (nSPS) is 25.9. The minimum atomic E-state index is -0.378. The molecule has 0 aliphatic carbocycles. The maximum Gasteiger partial charge on any atom is 0.324 e. The van der Waals surface area contributed by atoms with Crippen molar-refractivity contribution in [2.75, 3.05) is 7.11 Å². The summed E-state index contributed by atoms with van der Waals surface area (Å²) >= 11 is 1.61. The highest BCUT2D eigenvalue weighted by atomic mass is 32.2. The number of carbonyl (C=O) groups excluding carboxylic acids is 1. The number of thioether (sulfide) groups is 1. The van der Waals surface area contributed by atoms with Gasteiger partial charge in [-0.05, 0) is 19.9 Å². The predicted molar refractivity (Wildman–Crippen MR) is 71.5 cm³/mol. The van der Waals surface area contributed by atoms with Crippen LogP contribution in [-0.2, 0) is 9.53 Å². The third-order valence-electron chi connectivity index (χ3n) is 3.09. The molecular weight excluding hydrogens is 250 g/mol. The molecule has 4 nitrogen and oxygen atoms in total. The fraction of sp³-hybridized carbons (Fsp3) is 0.462. The predicted octanol–water partition coefficient (Wildman–Crippen LogP) is 2.05. The van der Waals surface area contributed by atoms with Crippen LogP contribution in [0.3, 0.4) is 0 Å². The second-order valence-electron chi connectivity index (χ2n) is 4.78. The molecule has 1 aliphatic rings. The van der Waals surface area contributed by atoms with Crippen LogP contribution in [0.2, 0.25) is 0 Å². The van der Waals surface area contributed by atoms with Crippen molar-refractivity contribution in [3.05, 3.63) is 29.8 Å². The highest BCUT2D eigenvalue weighted by Gasteiger charge is 2.46. The van der Waals surface area contributed by atoms with Gasteiger partial charge < -0.3 is 9.84 Å². The van der Waals surface area contributed by atoms with Crippen molar-refractivity contribution < 1.29 is 14.6 Å². The molecular formula is C13H17NO3S. The fourth-order valence-corrected chi connectivity index (χ4v) is 3.53. The lowest BCUT2D eigenvalue weighted by atomic mass is 10.0. The van der Waals surface area contributed by atoms with Crippen molar-refractivity contribution in [1.82, 2.24) is 5.32 Å². The third-order valence-corrected chi connectivity index (χ3v) is 4.56. The van der Waals surface area contributed by atoms with Crippen LogP contribution in [0.4, 0.5) is 0 Å². The van der Waals surface area contributed by atoms with Gasteiger partial charge in [-0.1, -0.05) is 18.2 Å². The van der Waals surface area contributed by atoms with E-state index in [2.05, 4.69) is 5.32 Å². The van der Waals surface area contributed by atoms with Crippen molar-refractivity contribution in [1.29, 1.82) is 0 Å². The van der Waals surface area contributed by atoms with Crippen molar-refractivity contribution in [3.63, 3.8) is 0 Å². The Balaban J connectivity index is 2.25. The third kappa shape index (κ3) is 2.33.